The number of thiazole rings is 1. The third-order valence-corrected chi connectivity index (χ3v) is 4.35. The largest absolute Gasteiger partial charge is 0.377 e. The number of hydrogen-bond donors (Lipinski definition) is 1. The Morgan fingerprint density at radius 2 is 2.24 bits per heavy atom. The second kappa shape index (κ2) is 6.07. The highest BCUT2D eigenvalue weighted by molar-refractivity contribution is 7.99. The second-order valence-electron chi connectivity index (χ2n) is 3.70. The van der Waals surface area contributed by atoms with Crippen LogP contribution in [0.2, 0.25) is 0 Å². The van der Waals surface area contributed by atoms with Gasteiger partial charge in [0, 0.05) is 21.7 Å². The van der Waals surface area contributed by atoms with Gasteiger partial charge in [0.05, 0.1) is 11.6 Å². The van der Waals surface area contributed by atoms with Gasteiger partial charge in [0.1, 0.15) is 0 Å². The fourth-order valence-electron chi connectivity index (χ4n) is 1.61. The number of benzene rings is 1. The van der Waals surface area contributed by atoms with E-state index in [2.05, 4.69) is 48.4 Å². The Bertz CT molecular complexity index is 454. The van der Waals surface area contributed by atoms with Gasteiger partial charge in [0.2, 0.25) is 0 Å². The van der Waals surface area contributed by atoms with Gasteiger partial charge in [-0.05, 0) is 24.8 Å². The van der Waals surface area contributed by atoms with Gasteiger partial charge in [-0.2, -0.15) is 0 Å². The van der Waals surface area contributed by atoms with Crippen LogP contribution in [0.15, 0.2) is 40.9 Å². The molecule has 1 unspecified atom stereocenters. The van der Waals surface area contributed by atoms with Gasteiger partial charge >= 0.3 is 0 Å². The Morgan fingerprint density at radius 3 is 2.94 bits per heavy atom. The first kappa shape index (κ1) is 12.5. The summed E-state index contributed by atoms with van der Waals surface area (Å²) < 4.78 is 0. The summed E-state index contributed by atoms with van der Waals surface area (Å²) in [5.74, 6) is 1.09. The highest BCUT2D eigenvalue weighted by Gasteiger charge is 2.09. The topological polar surface area (TPSA) is 24.9 Å². The minimum atomic E-state index is 0.307. The van der Waals surface area contributed by atoms with Gasteiger partial charge < -0.3 is 5.32 Å². The van der Waals surface area contributed by atoms with Crippen molar-refractivity contribution in [2.45, 2.75) is 24.8 Å². The van der Waals surface area contributed by atoms with Crippen molar-refractivity contribution < 1.29 is 0 Å². The summed E-state index contributed by atoms with van der Waals surface area (Å²) in [6, 6.07) is 8.76. The third kappa shape index (κ3) is 3.23. The zero-order valence-electron chi connectivity index (χ0n) is 10.0. The van der Waals surface area contributed by atoms with Crippen LogP contribution in [0.3, 0.4) is 0 Å². The molecule has 0 radical (unpaired) electrons. The molecule has 0 fully saturated rings. The summed E-state index contributed by atoms with van der Waals surface area (Å²) in [7, 11) is 0. The molecule has 1 aromatic carbocycles. The van der Waals surface area contributed by atoms with Crippen LogP contribution in [0.5, 0.6) is 0 Å². The first-order valence-corrected chi connectivity index (χ1v) is 7.54. The number of anilines is 1. The molecular formula is C13H16N2S2. The van der Waals surface area contributed by atoms with E-state index in [0.29, 0.717) is 6.04 Å². The smallest absolute Gasteiger partial charge is 0.0795 e. The first-order valence-electron chi connectivity index (χ1n) is 5.68. The number of hydrogen-bond acceptors (Lipinski definition) is 4. The molecular weight excluding hydrogens is 248 g/mol. The van der Waals surface area contributed by atoms with Crippen LogP contribution in [-0.2, 0) is 0 Å². The summed E-state index contributed by atoms with van der Waals surface area (Å²) in [5.41, 5.74) is 3.08. The van der Waals surface area contributed by atoms with Crippen molar-refractivity contribution in [1.82, 2.24) is 4.98 Å². The molecule has 17 heavy (non-hydrogen) atoms. The maximum atomic E-state index is 4.12. The number of rotatable bonds is 5. The SMILES string of the molecule is CCSc1ccccc1NC(C)c1cncs1. The zero-order chi connectivity index (χ0) is 12.1. The summed E-state index contributed by atoms with van der Waals surface area (Å²) >= 11 is 3.56. The predicted octanol–water partition coefficient (Wildman–Crippen LogP) is 4.43. The number of para-hydroxylation sites is 1. The molecule has 1 atom stereocenters. The average molecular weight is 264 g/mol. The molecule has 0 spiro atoms. The van der Waals surface area contributed by atoms with E-state index in [9.17, 15) is 0 Å². The van der Waals surface area contributed by atoms with E-state index in [1.165, 1.54) is 15.5 Å². The number of nitrogens with one attached hydrogen (secondary N) is 1. The van der Waals surface area contributed by atoms with Gasteiger partial charge in [-0.3, -0.25) is 4.98 Å². The van der Waals surface area contributed by atoms with Crippen molar-refractivity contribution in [3.63, 3.8) is 0 Å². The van der Waals surface area contributed by atoms with Crippen LogP contribution in [0.25, 0.3) is 0 Å². The van der Waals surface area contributed by atoms with E-state index >= 15 is 0 Å². The van der Waals surface area contributed by atoms with Gasteiger partial charge in [0.15, 0.2) is 0 Å². The molecule has 1 aromatic heterocycles. The fourth-order valence-corrected chi connectivity index (χ4v) is 3.01. The molecule has 4 heteroatoms. The number of nitrogens with zero attached hydrogens (tertiary/aromatic N) is 1. The first-order chi connectivity index (χ1) is 8.31. The molecule has 0 amide bonds. The van der Waals surface area contributed by atoms with Crippen LogP contribution in [0.1, 0.15) is 24.8 Å². The summed E-state index contributed by atoms with van der Waals surface area (Å²) in [6.07, 6.45) is 1.93. The Labute approximate surface area is 110 Å². The van der Waals surface area contributed by atoms with E-state index in [1.54, 1.807) is 11.3 Å². The molecule has 1 N–H and O–H groups in total. The average Bonchev–Trinajstić information content (AvgIpc) is 2.85. The van der Waals surface area contributed by atoms with E-state index in [1.807, 2.05) is 23.5 Å². The van der Waals surface area contributed by atoms with E-state index in [-0.39, 0.29) is 0 Å². The van der Waals surface area contributed by atoms with Crippen LogP contribution in [0, 0.1) is 0 Å². The Kier molecular flexibility index (Phi) is 4.45. The summed E-state index contributed by atoms with van der Waals surface area (Å²) in [6.45, 7) is 4.34. The van der Waals surface area contributed by atoms with Crippen LogP contribution in [0.4, 0.5) is 5.69 Å². The van der Waals surface area contributed by atoms with Crippen molar-refractivity contribution in [3.05, 3.63) is 40.8 Å². The maximum absolute atomic E-state index is 4.12. The van der Waals surface area contributed by atoms with Crippen LogP contribution in [-0.4, -0.2) is 10.7 Å². The molecule has 0 saturated carbocycles. The summed E-state index contributed by atoms with van der Waals surface area (Å²) in [4.78, 5) is 6.69. The molecule has 90 valence electrons. The lowest BCUT2D eigenvalue weighted by Gasteiger charge is -2.16. The van der Waals surface area contributed by atoms with Gasteiger partial charge in [-0.1, -0.05) is 19.1 Å². The number of thioether (sulfide) groups is 1. The second-order valence-corrected chi connectivity index (χ2v) is 5.92. The quantitative estimate of drug-likeness (QED) is 0.809. The Hall–Kier alpha value is -1.00. The monoisotopic (exact) mass is 264 g/mol. The molecule has 0 bridgehead atoms. The van der Waals surface area contributed by atoms with Gasteiger partial charge in [0.25, 0.3) is 0 Å². The van der Waals surface area contributed by atoms with Crippen molar-refractivity contribution in [1.29, 1.82) is 0 Å². The molecule has 2 nitrogen and oxygen atoms in total. The molecule has 0 saturated heterocycles. The minimum absolute atomic E-state index is 0.307. The molecule has 2 aromatic rings. The lowest BCUT2D eigenvalue weighted by Crippen LogP contribution is -2.05. The van der Waals surface area contributed by atoms with E-state index in [4.69, 9.17) is 0 Å². The molecule has 0 aliphatic heterocycles. The lowest BCUT2D eigenvalue weighted by molar-refractivity contribution is 0.898. The van der Waals surface area contributed by atoms with Gasteiger partial charge in [-0.15, -0.1) is 23.1 Å². The molecule has 0 aliphatic rings. The van der Waals surface area contributed by atoms with E-state index in [0.717, 1.165) is 5.75 Å². The van der Waals surface area contributed by atoms with Crippen molar-refractivity contribution in [2.75, 3.05) is 11.1 Å². The van der Waals surface area contributed by atoms with Crippen molar-refractivity contribution in [2.24, 2.45) is 0 Å². The standard InChI is InChI=1S/C13H16N2S2/c1-3-16-12-7-5-4-6-11(12)15-10(2)13-8-14-9-17-13/h4-10,15H,3H2,1-2H3. The fraction of sp³-hybridized carbons (Fsp3) is 0.308. The van der Waals surface area contributed by atoms with E-state index < -0.39 is 0 Å². The molecule has 1 heterocycles. The normalized spacial score (nSPS) is 12.4. The zero-order valence-corrected chi connectivity index (χ0v) is 11.6. The minimum Gasteiger partial charge on any atom is -0.377 e. The number of aromatic nitrogens is 1. The van der Waals surface area contributed by atoms with Crippen molar-refractivity contribution in [3.8, 4) is 0 Å². The van der Waals surface area contributed by atoms with Crippen LogP contribution < -0.4 is 5.32 Å². The van der Waals surface area contributed by atoms with Gasteiger partial charge in [-0.25, -0.2) is 0 Å². The molecule has 2 rings (SSSR count). The Balaban J connectivity index is 2.12. The maximum Gasteiger partial charge on any atom is 0.0795 e. The molecule has 0 aliphatic carbocycles. The van der Waals surface area contributed by atoms with Crippen LogP contribution >= 0.6 is 23.1 Å². The highest BCUT2D eigenvalue weighted by Crippen LogP contribution is 2.30. The highest BCUT2D eigenvalue weighted by atomic mass is 32.2. The predicted molar refractivity (Wildman–Crippen MR) is 77.0 cm³/mol. The third-order valence-electron chi connectivity index (χ3n) is 2.44. The van der Waals surface area contributed by atoms with Crippen molar-refractivity contribution >= 4 is 28.8 Å². The lowest BCUT2D eigenvalue weighted by atomic mass is 10.2. The Morgan fingerprint density at radius 1 is 1.41 bits per heavy atom. The summed E-state index contributed by atoms with van der Waals surface area (Å²) in [5, 5.41) is 3.55.